The lowest BCUT2D eigenvalue weighted by Crippen LogP contribution is -1.93. The van der Waals surface area contributed by atoms with Crippen LogP contribution in [0.2, 0.25) is 0 Å². The summed E-state index contributed by atoms with van der Waals surface area (Å²) in [4.78, 5) is 12.0. The number of nitrogens with zero attached hydrogens (tertiary/aromatic N) is 4. The number of aromatic nitrogens is 3. The summed E-state index contributed by atoms with van der Waals surface area (Å²) < 4.78 is 0. The highest BCUT2D eigenvalue weighted by atomic mass is 15.3. The Kier molecular flexibility index (Phi) is 1.84. The number of hydrogen-bond acceptors (Lipinski definition) is 5. The maximum atomic E-state index is 4.05. The average molecular weight is 173 g/mol. The molecule has 2 aromatic heterocycles. The topological polar surface area (TPSA) is 63.1 Å². The zero-order chi connectivity index (χ0) is 9.10. The van der Waals surface area contributed by atoms with Crippen LogP contribution in [0, 0.1) is 0 Å². The van der Waals surface area contributed by atoms with Gasteiger partial charge in [0.1, 0.15) is 6.33 Å². The van der Waals surface area contributed by atoms with E-state index >= 15 is 0 Å². The van der Waals surface area contributed by atoms with Crippen molar-refractivity contribution in [2.45, 2.75) is 0 Å². The summed E-state index contributed by atoms with van der Waals surface area (Å²) in [5, 5.41) is 4.42. The van der Waals surface area contributed by atoms with Gasteiger partial charge in [0.25, 0.3) is 0 Å². The highest BCUT2D eigenvalue weighted by molar-refractivity contribution is 5.87. The lowest BCUT2D eigenvalue weighted by molar-refractivity contribution is 1.17. The van der Waals surface area contributed by atoms with Gasteiger partial charge >= 0.3 is 0 Å². The molecule has 0 fully saturated rings. The van der Waals surface area contributed by atoms with Crippen LogP contribution in [-0.4, -0.2) is 21.7 Å². The summed E-state index contributed by atoms with van der Waals surface area (Å²) in [5.41, 5.74) is 3.47. The van der Waals surface area contributed by atoms with Gasteiger partial charge in [-0.15, -0.1) is 0 Å². The maximum absolute atomic E-state index is 4.05. The molecule has 2 aromatic rings. The molecule has 0 spiro atoms. The van der Waals surface area contributed by atoms with Gasteiger partial charge in [-0.05, 0) is 6.07 Å². The van der Waals surface area contributed by atoms with Crippen molar-refractivity contribution in [2.24, 2.45) is 5.10 Å². The molecule has 0 saturated heterocycles. The molecular weight excluding hydrogens is 166 g/mol. The van der Waals surface area contributed by atoms with E-state index in [4.69, 9.17) is 0 Å². The molecule has 0 bridgehead atoms. The zero-order valence-electron chi connectivity index (χ0n) is 6.81. The van der Waals surface area contributed by atoms with Crippen molar-refractivity contribution >= 4 is 23.4 Å². The summed E-state index contributed by atoms with van der Waals surface area (Å²) in [7, 11) is 0. The molecule has 2 heterocycles. The third kappa shape index (κ3) is 1.31. The van der Waals surface area contributed by atoms with Crippen LogP contribution in [0.3, 0.4) is 0 Å². The number of pyridine rings is 1. The van der Waals surface area contributed by atoms with E-state index < -0.39 is 0 Å². The fraction of sp³-hybridized carbons (Fsp3) is 0. The first-order chi connectivity index (χ1) is 6.42. The zero-order valence-corrected chi connectivity index (χ0v) is 6.81. The Bertz CT molecular complexity index is 434. The number of fused-ring (bicyclic) bond motifs is 1. The van der Waals surface area contributed by atoms with Crippen molar-refractivity contribution < 1.29 is 0 Å². The normalized spacial score (nSPS) is 9.85. The molecule has 0 aliphatic carbocycles. The lowest BCUT2D eigenvalue weighted by atomic mass is 10.3. The lowest BCUT2D eigenvalue weighted by Gasteiger charge is -2.01. The van der Waals surface area contributed by atoms with E-state index in [2.05, 4.69) is 32.2 Å². The number of anilines is 1. The van der Waals surface area contributed by atoms with Crippen LogP contribution in [0.1, 0.15) is 0 Å². The number of nitrogens with one attached hydrogen (secondary N) is 1. The van der Waals surface area contributed by atoms with E-state index in [0.29, 0.717) is 5.82 Å². The van der Waals surface area contributed by atoms with Crippen molar-refractivity contribution in [1.82, 2.24) is 15.0 Å². The Hall–Kier alpha value is -2.04. The molecular formula is C8H7N5. The van der Waals surface area contributed by atoms with E-state index in [0.717, 1.165) is 10.9 Å². The van der Waals surface area contributed by atoms with Crippen molar-refractivity contribution in [3.05, 3.63) is 24.8 Å². The largest absolute Gasteiger partial charge is 0.262 e. The predicted molar refractivity (Wildman–Crippen MR) is 50.5 cm³/mol. The third-order valence-corrected chi connectivity index (χ3v) is 1.62. The van der Waals surface area contributed by atoms with Crippen LogP contribution in [0.25, 0.3) is 10.9 Å². The van der Waals surface area contributed by atoms with Crippen LogP contribution >= 0.6 is 0 Å². The Morgan fingerprint density at radius 3 is 3.15 bits per heavy atom. The van der Waals surface area contributed by atoms with Crippen LogP contribution in [0.4, 0.5) is 5.82 Å². The van der Waals surface area contributed by atoms with Gasteiger partial charge in [0.15, 0.2) is 5.82 Å². The highest BCUT2D eigenvalue weighted by Gasteiger charge is 2.00. The van der Waals surface area contributed by atoms with Crippen LogP contribution < -0.4 is 5.43 Å². The smallest absolute Gasteiger partial charge is 0.157 e. The first kappa shape index (κ1) is 7.60. The highest BCUT2D eigenvalue weighted by Crippen LogP contribution is 2.16. The standard InChI is InChI=1S/C8H7N5/c1-9-13-8-6-2-3-10-4-7(6)11-5-12-8/h2-5H,1H2,(H,11,12,13). The van der Waals surface area contributed by atoms with Gasteiger partial charge < -0.3 is 0 Å². The first-order valence-corrected chi connectivity index (χ1v) is 3.68. The molecule has 13 heavy (non-hydrogen) atoms. The summed E-state index contributed by atoms with van der Waals surface area (Å²) in [6.45, 7) is 3.33. The van der Waals surface area contributed by atoms with Gasteiger partial charge in [-0.1, -0.05) is 0 Å². The monoisotopic (exact) mass is 173 g/mol. The van der Waals surface area contributed by atoms with Gasteiger partial charge in [0.2, 0.25) is 0 Å². The molecule has 64 valence electrons. The molecule has 0 atom stereocenters. The molecule has 0 aliphatic rings. The second kappa shape index (κ2) is 3.14. The molecule has 2 rings (SSSR count). The molecule has 0 radical (unpaired) electrons. The SMILES string of the molecule is C=NNc1ncnc2cnccc12. The van der Waals surface area contributed by atoms with E-state index in [1.807, 2.05) is 6.07 Å². The second-order valence-electron chi connectivity index (χ2n) is 2.39. The van der Waals surface area contributed by atoms with Gasteiger partial charge in [0, 0.05) is 18.3 Å². The summed E-state index contributed by atoms with van der Waals surface area (Å²) in [6.07, 6.45) is 4.81. The molecule has 5 heteroatoms. The molecule has 5 nitrogen and oxygen atoms in total. The number of hydrogen-bond donors (Lipinski definition) is 1. The Morgan fingerprint density at radius 1 is 1.38 bits per heavy atom. The minimum Gasteiger partial charge on any atom is -0.262 e. The van der Waals surface area contributed by atoms with Gasteiger partial charge in [0.05, 0.1) is 11.7 Å². The average Bonchev–Trinajstić information content (AvgIpc) is 2.19. The van der Waals surface area contributed by atoms with E-state index in [9.17, 15) is 0 Å². The van der Waals surface area contributed by atoms with E-state index in [1.54, 1.807) is 12.4 Å². The van der Waals surface area contributed by atoms with Crippen LogP contribution in [0.5, 0.6) is 0 Å². The van der Waals surface area contributed by atoms with Gasteiger partial charge in [-0.3, -0.25) is 10.4 Å². The quantitative estimate of drug-likeness (QED) is 0.544. The fourth-order valence-corrected chi connectivity index (χ4v) is 1.07. The summed E-state index contributed by atoms with van der Waals surface area (Å²) in [5.74, 6) is 0.641. The molecule has 1 N–H and O–H groups in total. The number of hydrazone groups is 1. The Balaban J connectivity index is 2.68. The van der Waals surface area contributed by atoms with Crippen molar-refractivity contribution in [1.29, 1.82) is 0 Å². The van der Waals surface area contributed by atoms with Crippen molar-refractivity contribution in [3.63, 3.8) is 0 Å². The minimum absolute atomic E-state index is 0.641. The summed E-state index contributed by atoms with van der Waals surface area (Å²) in [6, 6.07) is 1.82. The first-order valence-electron chi connectivity index (χ1n) is 3.68. The Morgan fingerprint density at radius 2 is 2.31 bits per heavy atom. The van der Waals surface area contributed by atoms with Crippen molar-refractivity contribution in [3.8, 4) is 0 Å². The molecule has 0 aliphatic heterocycles. The maximum Gasteiger partial charge on any atom is 0.157 e. The predicted octanol–water partition coefficient (Wildman–Crippen LogP) is 1.05. The second-order valence-corrected chi connectivity index (χ2v) is 2.39. The van der Waals surface area contributed by atoms with Crippen LogP contribution in [-0.2, 0) is 0 Å². The van der Waals surface area contributed by atoms with Gasteiger partial charge in [-0.25, -0.2) is 9.97 Å². The molecule has 0 aromatic carbocycles. The van der Waals surface area contributed by atoms with Crippen molar-refractivity contribution in [2.75, 3.05) is 5.43 Å². The van der Waals surface area contributed by atoms with E-state index in [1.165, 1.54) is 6.33 Å². The Labute approximate surface area is 74.6 Å². The summed E-state index contributed by atoms with van der Waals surface area (Å²) >= 11 is 0. The molecule has 0 amide bonds. The molecule has 0 unspecified atom stereocenters. The fourth-order valence-electron chi connectivity index (χ4n) is 1.07. The van der Waals surface area contributed by atoms with Crippen LogP contribution in [0.15, 0.2) is 29.9 Å². The minimum atomic E-state index is 0.641. The van der Waals surface area contributed by atoms with E-state index in [-0.39, 0.29) is 0 Å². The molecule has 0 saturated carbocycles. The number of rotatable bonds is 2. The van der Waals surface area contributed by atoms with Gasteiger partial charge in [-0.2, -0.15) is 5.10 Å². The third-order valence-electron chi connectivity index (χ3n) is 1.62.